The first kappa shape index (κ1) is 17.7. The minimum absolute atomic E-state index is 0.142. The van der Waals surface area contributed by atoms with Crippen LogP contribution in [0, 0.1) is 6.92 Å². The van der Waals surface area contributed by atoms with Gasteiger partial charge in [0.25, 0.3) is 0 Å². The van der Waals surface area contributed by atoms with Crippen LogP contribution in [0.3, 0.4) is 0 Å². The number of ether oxygens (including phenoxy) is 2. The van der Waals surface area contributed by atoms with Crippen LogP contribution in [0.15, 0.2) is 51.7 Å². The van der Waals surface area contributed by atoms with E-state index >= 15 is 0 Å². The zero-order valence-corrected chi connectivity index (χ0v) is 15.0. The number of fused-ring (bicyclic) bond motifs is 1. The topological polar surface area (TPSA) is 65.7 Å². The zero-order valence-electron chi connectivity index (χ0n) is 15.0. The summed E-state index contributed by atoms with van der Waals surface area (Å²) in [4.78, 5) is 24.6. The second-order valence-corrected chi connectivity index (χ2v) is 5.94. The number of carbonyl (C=O) groups excluding carboxylic acids is 1. The molecule has 3 rings (SSSR count). The fraction of sp³-hybridized carbons (Fsp3) is 0.238. The number of hydrogen-bond donors (Lipinski definition) is 0. The van der Waals surface area contributed by atoms with E-state index in [0.29, 0.717) is 29.1 Å². The molecule has 0 N–H and O–H groups in total. The van der Waals surface area contributed by atoms with Gasteiger partial charge in [0.2, 0.25) is 11.2 Å². The highest BCUT2D eigenvalue weighted by atomic mass is 16.6. The minimum atomic E-state index is -0.508. The molecule has 1 heterocycles. The van der Waals surface area contributed by atoms with Crippen molar-refractivity contribution in [1.82, 2.24) is 0 Å². The van der Waals surface area contributed by atoms with Crippen molar-refractivity contribution < 1.29 is 18.7 Å². The van der Waals surface area contributed by atoms with Crippen LogP contribution in [-0.2, 0) is 4.79 Å². The molecule has 0 radical (unpaired) electrons. The van der Waals surface area contributed by atoms with E-state index in [1.807, 2.05) is 37.3 Å². The molecule has 0 atom stereocenters. The summed E-state index contributed by atoms with van der Waals surface area (Å²) in [5, 5.41) is 0.342. The van der Waals surface area contributed by atoms with Gasteiger partial charge in [-0.05, 0) is 31.0 Å². The summed E-state index contributed by atoms with van der Waals surface area (Å²) in [6.45, 7) is 5.46. The summed E-state index contributed by atoms with van der Waals surface area (Å²) in [6.07, 6.45) is 0.799. The number of benzene rings is 2. The van der Waals surface area contributed by atoms with Gasteiger partial charge in [-0.2, -0.15) is 0 Å². The van der Waals surface area contributed by atoms with Crippen LogP contribution in [0.1, 0.15) is 26.0 Å². The van der Waals surface area contributed by atoms with Crippen LogP contribution >= 0.6 is 0 Å². The third-order valence-corrected chi connectivity index (χ3v) is 3.92. The Morgan fingerprint density at radius 2 is 1.85 bits per heavy atom. The van der Waals surface area contributed by atoms with Crippen molar-refractivity contribution in [3.8, 4) is 22.6 Å². The molecule has 0 fully saturated rings. The fourth-order valence-electron chi connectivity index (χ4n) is 2.83. The Morgan fingerprint density at radius 1 is 1.12 bits per heavy atom. The molecule has 26 heavy (non-hydrogen) atoms. The molecule has 0 aliphatic carbocycles. The largest absolute Gasteiger partial charge is 0.490 e. The van der Waals surface area contributed by atoms with Crippen molar-refractivity contribution in [1.29, 1.82) is 0 Å². The summed E-state index contributed by atoms with van der Waals surface area (Å²) in [5.74, 6) is 0.467. The van der Waals surface area contributed by atoms with Gasteiger partial charge in [-0.25, -0.2) is 0 Å². The predicted octanol–water partition coefficient (Wildman–Crippen LogP) is 4.48. The maximum atomic E-state index is 13.1. The predicted molar refractivity (Wildman–Crippen MR) is 99.8 cm³/mol. The maximum absolute atomic E-state index is 13.1. The number of carbonyl (C=O) groups is 1. The lowest BCUT2D eigenvalue weighted by Crippen LogP contribution is -2.10. The molecule has 0 bridgehead atoms. The third-order valence-electron chi connectivity index (χ3n) is 3.92. The molecule has 0 saturated carbocycles. The van der Waals surface area contributed by atoms with E-state index in [1.165, 1.54) is 6.92 Å². The number of esters is 1. The summed E-state index contributed by atoms with van der Waals surface area (Å²) in [7, 11) is 0. The molecule has 5 nitrogen and oxygen atoms in total. The Labute approximate surface area is 151 Å². The van der Waals surface area contributed by atoms with E-state index in [0.717, 1.165) is 12.0 Å². The molecule has 3 aromatic rings. The molecule has 0 aliphatic rings. The van der Waals surface area contributed by atoms with Crippen LogP contribution in [0.5, 0.6) is 11.5 Å². The Bertz CT molecular complexity index is 1000. The van der Waals surface area contributed by atoms with Gasteiger partial charge in [0.15, 0.2) is 11.3 Å². The van der Waals surface area contributed by atoms with Gasteiger partial charge in [-0.1, -0.05) is 37.3 Å². The van der Waals surface area contributed by atoms with E-state index in [4.69, 9.17) is 13.9 Å². The lowest BCUT2D eigenvalue weighted by molar-refractivity contribution is -0.131. The van der Waals surface area contributed by atoms with E-state index < -0.39 is 5.97 Å². The van der Waals surface area contributed by atoms with Crippen LogP contribution in [0.2, 0.25) is 0 Å². The summed E-state index contributed by atoms with van der Waals surface area (Å²) in [5.41, 5.74) is 1.32. The second-order valence-electron chi connectivity index (χ2n) is 5.94. The highest BCUT2D eigenvalue weighted by Gasteiger charge is 2.20. The SMILES string of the molecule is CCCOc1ccc2c(=O)c(-c3ccccc3)c(C)oc2c1OC(C)=O. The van der Waals surface area contributed by atoms with Crippen molar-refractivity contribution in [2.75, 3.05) is 6.61 Å². The first-order valence-electron chi connectivity index (χ1n) is 8.50. The number of rotatable bonds is 5. The Kier molecular flexibility index (Phi) is 5.07. The van der Waals surface area contributed by atoms with Gasteiger partial charge in [-0.3, -0.25) is 9.59 Å². The van der Waals surface area contributed by atoms with Crippen LogP contribution < -0.4 is 14.9 Å². The first-order chi connectivity index (χ1) is 12.5. The quantitative estimate of drug-likeness (QED) is 0.500. The van der Waals surface area contributed by atoms with Crippen molar-refractivity contribution in [2.24, 2.45) is 0 Å². The van der Waals surface area contributed by atoms with Crippen LogP contribution in [-0.4, -0.2) is 12.6 Å². The van der Waals surface area contributed by atoms with E-state index in [9.17, 15) is 9.59 Å². The summed E-state index contributed by atoms with van der Waals surface area (Å²) < 4.78 is 16.9. The van der Waals surface area contributed by atoms with Gasteiger partial charge in [-0.15, -0.1) is 0 Å². The Balaban J connectivity index is 2.28. The average molecular weight is 352 g/mol. The molecule has 0 aliphatic heterocycles. The standard InChI is InChI=1S/C21H20O5/c1-4-12-24-17-11-10-16-19(23)18(15-8-6-5-7-9-15)13(2)25-20(16)21(17)26-14(3)22/h5-11H,4,12H2,1-3H3. The van der Waals surface area contributed by atoms with Crippen LogP contribution in [0.4, 0.5) is 0 Å². The average Bonchev–Trinajstić information content (AvgIpc) is 2.62. The molecule has 0 amide bonds. The molecule has 5 heteroatoms. The molecule has 2 aromatic carbocycles. The van der Waals surface area contributed by atoms with E-state index in [-0.39, 0.29) is 16.8 Å². The first-order valence-corrected chi connectivity index (χ1v) is 8.50. The zero-order chi connectivity index (χ0) is 18.7. The third kappa shape index (κ3) is 3.33. The molecule has 0 saturated heterocycles. The van der Waals surface area contributed by atoms with Crippen molar-refractivity contribution in [3.63, 3.8) is 0 Å². The van der Waals surface area contributed by atoms with E-state index in [1.54, 1.807) is 19.1 Å². The minimum Gasteiger partial charge on any atom is -0.490 e. The van der Waals surface area contributed by atoms with Gasteiger partial charge >= 0.3 is 5.97 Å². The molecule has 0 unspecified atom stereocenters. The van der Waals surface area contributed by atoms with Gasteiger partial charge < -0.3 is 13.9 Å². The van der Waals surface area contributed by atoms with Gasteiger partial charge in [0.1, 0.15) is 5.76 Å². The lowest BCUT2D eigenvalue weighted by atomic mass is 10.0. The highest BCUT2D eigenvalue weighted by molar-refractivity contribution is 5.90. The van der Waals surface area contributed by atoms with E-state index in [2.05, 4.69) is 0 Å². The van der Waals surface area contributed by atoms with Crippen molar-refractivity contribution in [3.05, 3.63) is 58.4 Å². The van der Waals surface area contributed by atoms with Crippen LogP contribution in [0.25, 0.3) is 22.1 Å². The van der Waals surface area contributed by atoms with Crippen molar-refractivity contribution >= 4 is 16.9 Å². The molecular weight excluding hydrogens is 332 g/mol. The second kappa shape index (κ2) is 7.44. The smallest absolute Gasteiger partial charge is 0.308 e. The summed E-state index contributed by atoms with van der Waals surface area (Å²) in [6, 6.07) is 12.6. The van der Waals surface area contributed by atoms with Gasteiger partial charge in [0, 0.05) is 6.92 Å². The summed E-state index contributed by atoms with van der Waals surface area (Å²) >= 11 is 0. The Hall–Kier alpha value is -3.08. The molecule has 134 valence electrons. The van der Waals surface area contributed by atoms with Crippen molar-refractivity contribution in [2.45, 2.75) is 27.2 Å². The molecule has 0 spiro atoms. The molecular formula is C21H20O5. The monoisotopic (exact) mass is 352 g/mol. The highest BCUT2D eigenvalue weighted by Crippen LogP contribution is 2.37. The lowest BCUT2D eigenvalue weighted by Gasteiger charge is -2.14. The fourth-order valence-corrected chi connectivity index (χ4v) is 2.83. The Morgan fingerprint density at radius 3 is 2.50 bits per heavy atom. The molecule has 1 aromatic heterocycles. The number of hydrogen-bond acceptors (Lipinski definition) is 5. The van der Waals surface area contributed by atoms with Gasteiger partial charge in [0.05, 0.1) is 17.6 Å². The maximum Gasteiger partial charge on any atom is 0.308 e. The normalized spacial score (nSPS) is 10.7. The number of aryl methyl sites for hydroxylation is 1.